The monoisotopic (exact) mass is 273 g/mol. The molecule has 0 aromatic heterocycles. The van der Waals surface area contributed by atoms with Gasteiger partial charge in [-0.1, -0.05) is 18.2 Å². The van der Waals surface area contributed by atoms with Gasteiger partial charge in [0, 0.05) is 11.6 Å². The first-order chi connectivity index (χ1) is 9.61. The highest BCUT2D eigenvalue weighted by molar-refractivity contribution is 6.05. The minimum Gasteiger partial charge on any atom is -0.733 e. The molecule has 0 aliphatic rings. The summed E-state index contributed by atoms with van der Waals surface area (Å²) in [4.78, 5) is 12.0. The van der Waals surface area contributed by atoms with Crippen molar-refractivity contribution >= 4 is 17.3 Å². The summed E-state index contributed by atoms with van der Waals surface area (Å²) >= 11 is 0. The summed E-state index contributed by atoms with van der Waals surface area (Å²) in [5.74, 6) is -0.0127. The molecule has 2 aromatic carbocycles. The van der Waals surface area contributed by atoms with E-state index in [0.717, 1.165) is 0 Å². The third-order valence-electron chi connectivity index (χ3n) is 2.69. The van der Waals surface area contributed by atoms with E-state index in [-0.39, 0.29) is 22.6 Å². The van der Waals surface area contributed by atoms with Gasteiger partial charge in [-0.25, -0.2) is 0 Å². The van der Waals surface area contributed by atoms with Crippen molar-refractivity contribution in [1.82, 2.24) is 0 Å². The molecule has 0 aliphatic heterocycles. The molecule has 0 spiro atoms. The lowest BCUT2D eigenvalue weighted by molar-refractivity contribution is 0.102. The average Bonchev–Trinajstić information content (AvgIpc) is 2.48. The van der Waals surface area contributed by atoms with Crippen molar-refractivity contribution < 1.29 is 14.7 Å². The SMILES string of the molecule is COc1cc(N([O-])O)ccc1NC(=O)c1ccccc1. The van der Waals surface area contributed by atoms with E-state index in [9.17, 15) is 10.0 Å². The van der Waals surface area contributed by atoms with Crippen molar-refractivity contribution in [2.75, 3.05) is 17.7 Å². The summed E-state index contributed by atoms with van der Waals surface area (Å²) < 4.78 is 5.08. The van der Waals surface area contributed by atoms with Gasteiger partial charge in [0.25, 0.3) is 5.91 Å². The van der Waals surface area contributed by atoms with E-state index in [4.69, 9.17) is 9.94 Å². The Morgan fingerprint density at radius 3 is 2.55 bits per heavy atom. The average molecular weight is 273 g/mol. The van der Waals surface area contributed by atoms with Crippen molar-refractivity contribution in [3.63, 3.8) is 0 Å². The Morgan fingerprint density at radius 2 is 1.95 bits per heavy atom. The quantitative estimate of drug-likeness (QED) is 0.836. The zero-order chi connectivity index (χ0) is 14.5. The lowest BCUT2D eigenvalue weighted by atomic mass is 10.2. The Morgan fingerprint density at radius 1 is 1.25 bits per heavy atom. The minimum atomic E-state index is -0.292. The number of rotatable bonds is 4. The third kappa shape index (κ3) is 3.05. The summed E-state index contributed by atoms with van der Waals surface area (Å²) in [6.07, 6.45) is 0. The molecule has 6 nitrogen and oxygen atoms in total. The Hall–Kier alpha value is -2.57. The van der Waals surface area contributed by atoms with Gasteiger partial charge in [-0.05, 0) is 24.3 Å². The number of amides is 1. The number of carbonyl (C=O) groups is 1. The number of methoxy groups -OCH3 is 1. The van der Waals surface area contributed by atoms with Crippen LogP contribution in [0.25, 0.3) is 0 Å². The Labute approximate surface area is 115 Å². The summed E-state index contributed by atoms with van der Waals surface area (Å²) in [6, 6.07) is 12.9. The molecular weight excluding hydrogens is 260 g/mol. The molecule has 0 radical (unpaired) electrons. The number of carbonyl (C=O) groups excluding carboxylic acids is 1. The van der Waals surface area contributed by atoms with Crippen LogP contribution in [0.5, 0.6) is 5.75 Å². The molecule has 0 unspecified atom stereocenters. The predicted octanol–water partition coefficient (Wildman–Crippen LogP) is 2.64. The van der Waals surface area contributed by atoms with Crippen LogP contribution in [0.4, 0.5) is 11.4 Å². The number of hydrogen-bond acceptors (Lipinski definition) is 5. The molecule has 2 rings (SSSR count). The van der Waals surface area contributed by atoms with Gasteiger partial charge < -0.3 is 20.5 Å². The number of benzene rings is 2. The van der Waals surface area contributed by atoms with Crippen molar-refractivity contribution in [2.45, 2.75) is 0 Å². The fourth-order valence-corrected chi connectivity index (χ4v) is 1.69. The van der Waals surface area contributed by atoms with E-state index >= 15 is 0 Å². The standard InChI is InChI=1S/C14H13N2O4/c1-20-13-9-11(16(18)19)7-8-12(13)15-14(17)10-5-3-2-4-6-10/h2-9,18H,1H3,(H,15,17)/q-1. The highest BCUT2D eigenvalue weighted by atomic mass is 16.8. The molecule has 104 valence electrons. The zero-order valence-electron chi connectivity index (χ0n) is 10.7. The summed E-state index contributed by atoms with van der Waals surface area (Å²) in [5, 5.41) is 22.0. The van der Waals surface area contributed by atoms with Crippen LogP contribution < -0.4 is 15.3 Å². The lowest BCUT2D eigenvalue weighted by Gasteiger charge is -2.22. The summed E-state index contributed by atoms with van der Waals surface area (Å²) in [6.45, 7) is 0. The van der Waals surface area contributed by atoms with Gasteiger partial charge >= 0.3 is 0 Å². The number of nitrogens with one attached hydrogen (secondary N) is 1. The molecular formula is C14H13N2O4-. The van der Waals surface area contributed by atoms with Crippen LogP contribution in [0.15, 0.2) is 48.5 Å². The second-order valence-electron chi connectivity index (χ2n) is 3.98. The van der Waals surface area contributed by atoms with Gasteiger partial charge in [-0.15, -0.1) is 0 Å². The van der Waals surface area contributed by atoms with Crippen LogP contribution in [0.3, 0.4) is 0 Å². The van der Waals surface area contributed by atoms with Crippen molar-refractivity contribution in [3.8, 4) is 5.75 Å². The van der Waals surface area contributed by atoms with Crippen molar-refractivity contribution in [3.05, 3.63) is 59.3 Å². The van der Waals surface area contributed by atoms with E-state index in [2.05, 4.69) is 5.32 Å². The maximum absolute atomic E-state index is 12.0. The predicted molar refractivity (Wildman–Crippen MR) is 75.0 cm³/mol. The normalized spacial score (nSPS) is 9.95. The summed E-state index contributed by atoms with van der Waals surface area (Å²) in [7, 11) is 1.41. The topological polar surface area (TPSA) is 84.9 Å². The first kappa shape index (κ1) is 13.9. The first-order valence-electron chi connectivity index (χ1n) is 5.82. The molecule has 0 aliphatic carbocycles. The van der Waals surface area contributed by atoms with Crippen molar-refractivity contribution in [2.24, 2.45) is 0 Å². The van der Waals surface area contributed by atoms with Crippen LogP contribution in [-0.4, -0.2) is 18.2 Å². The Kier molecular flexibility index (Phi) is 4.19. The van der Waals surface area contributed by atoms with Gasteiger partial charge in [-0.3, -0.25) is 10.0 Å². The molecule has 0 saturated heterocycles. The molecule has 20 heavy (non-hydrogen) atoms. The Balaban J connectivity index is 2.23. The van der Waals surface area contributed by atoms with Gasteiger partial charge in [0.1, 0.15) is 5.75 Å². The molecule has 0 saturated carbocycles. The van der Waals surface area contributed by atoms with Gasteiger partial charge in [0.2, 0.25) is 0 Å². The van der Waals surface area contributed by atoms with Gasteiger partial charge in [0.05, 0.1) is 18.5 Å². The first-order valence-corrected chi connectivity index (χ1v) is 5.82. The van der Waals surface area contributed by atoms with Crippen LogP contribution in [0.2, 0.25) is 0 Å². The molecule has 0 atom stereocenters. The highest BCUT2D eigenvalue weighted by Crippen LogP contribution is 2.29. The largest absolute Gasteiger partial charge is 0.733 e. The highest BCUT2D eigenvalue weighted by Gasteiger charge is 2.10. The smallest absolute Gasteiger partial charge is 0.255 e. The number of nitrogens with zero attached hydrogens (tertiary/aromatic N) is 1. The molecule has 0 heterocycles. The molecule has 1 amide bonds. The van der Waals surface area contributed by atoms with E-state index in [1.54, 1.807) is 24.3 Å². The Bertz CT molecular complexity index is 599. The van der Waals surface area contributed by atoms with Gasteiger partial charge in [-0.2, -0.15) is 0 Å². The molecule has 0 fully saturated rings. The number of ether oxygens (including phenoxy) is 1. The van der Waals surface area contributed by atoms with E-state index in [1.165, 1.54) is 25.3 Å². The van der Waals surface area contributed by atoms with Crippen LogP contribution >= 0.6 is 0 Å². The summed E-state index contributed by atoms with van der Waals surface area (Å²) in [5.41, 5.74) is 0.928. The third-order valence-corrected chi connectivity index (χ3v) is 2.69. The van der Waals surface area contributed by atoms with E-state index < -0.39 is 0 Å². The zero-order valence-corrected chi connectivity index (χ0v) is 10.7. The molecule has 6 heteroatoms. The van der Waals surface area contributed by atoms with Crippen LogP contribution in [-0.2, 0) is 0 Å². The minimum absolute atomic E-state index is 0.0135. The second-order valence-corrected chi connectivity index (χ2v) is 3.98. The maximum atomic E-state index is 12.0. The van der Waals surface area contributed by atoms with Crippen molar-refractivity contribution in [1.29, 1.82) is 0 Å². The maximum Gasteiger partial charge on any atom is 0.255 e. The van der Waals surface area contributed by atoms with Gasteiger partial charge in [0.15, 0.2) is 0 Å². The number of hydrogen-bond donors (Lipinski definition) is 2. The van der Waals surface area contributed by atoms with Crippen LogP contribution in [0, 0.1) is 5.21 Å². The second kappa shape index (κ2) is 6.05. The van der Waals surface area contributed by atoms with E-state index in [1.807, 2.05) is 6.07 Å². The molecule has 2 N–H and O–H groups in total. The fourth-order valence-electron chi connectivity index (χ4n) is 1.69. The lowest BCUT2D eigenvalue weighted by Crippen LogP contribution is -2.13. The fraction of sp³-hybridized carbons (Fsp3) is 0.0714. The van der Waals surface area contributed by atoms with E-state index in [0.29, 0.717) is 11.3 Å². The van der Waals surface area contributed by atoms with Crippen LogP contribution in [0.1, 0.15) is 10.4 Å². The molecule has 0 bridgehead atoms. The number of anilines is 2. The molecule has 2 aromatic rings.